The SMILES string of the molecule is CSc1ccc(NS(=O)(=O)c2cc(CN)cs2)cc1. The molecule has 0 amide bonds. The molecule has 0 saturated heterocycles. The van der Waals surface area contributed by atoms with Crippen LogP contribution in [0.3, 0.4) is 0 Å². The molecule has 0 radical (unpaired) electrons. The summed E-state index contributed by atoms with van der Waals surface area (Å²) in [7, 11) is -3.52. The van der Waals surface area contributed by atoms with Crippen LogP contribution in [0, 0.1) is 0 Å². The molecule has 3 N–H and O–H groups in total. The predicted octanol–water partition coefficient (Wildman–Crippen LogP) is 2.73. The van der Waals surface area contributed by atoms with Crippen LogP contribution in [-0.4, -0.2) is 14.7 Å². The highest BCUT2D eigenvalue weighted by atomic mass is 32.2. The van der Waals surface area contributed by atoms with Gasteiger partial charge in [0.15, 0.2) is 0 Å². The van der Waals surface area contributed by atoms with Crippen molar-refractivity contribution in [2.75, 3.05) is 11.0 Å². The van der Waals surface area contributed by atoms with Gasteiger partial charge in [-0.3, -0.25) is 4.72 Å². The summed E-state index contributed by atoms with van der Waals surface area (Å²) in [5.41, 5.74) is 6.86. The van der Waals surface area contributed by atoms with Crippen molar-refractivity contribution in [2.45, 2.75) is 15.6 Å². The molecule has 0 atom stereocenters. The Balaban J connectivity index is 2.20. The van der Waals surface area contributed by atoms with E-state index in [9.17, 15) is 8.42 Å². The minimum atomic E-state index is -3.52. The normalized spacial score (nSPS) is 11.5. The zero-order valence-corrected chi connectivity index (χ0v) is 12.7. The molecule has 4 nitrogen and oxygen atoms in total. The van der Waals surface area contributed by atoms with Crippen molar-refractivity contribution in [1.82, 2.24) is 0 Å². The highest BCUT2D eigenvalue weighted by Gasteiger charge is 2.16. The average Bonchev–Trinajstić information content (AvgIpc) is 2.89. The molecule has 0 fully saturated rings. The van der Waals surface area contributed by atoms with E-state index in [1.165, 1.54) is 11.3 Å². The Hall–Kier alpha value is -1.02. The average molecular weight is 314 g/mol. The molecule has 0 aliphatic heterocycles. The second-order valence-corrected chi connectivity index (χ2v) is 7.51. The van der Waals surface area contributed by atoms with Crippen molar-refractivity contribution in [3.8, 4) is 0 Å². The number of benzene rings is 1. The molecule has 0 spiro atoms. The van der Waals surface area contributed by atoms with Gasteiger partial charge >= 0.3 is 0 Å². The number of anilines is 1. The Morgan fingerprint density at radius 3 is 2.53 bits per heavy atom. The van der Waals surface area contributed by atoms with Crippen LogP contribution in [0.25, 0.3) is 0 Å². The molecule has 1 heterocycles. The first kappa shape index (κ1) is 14.4. The van der Waals surface area contributed by atoms with Crippen LogP contribution in [0.1, 0.15) is 5.56 Å². The Morgan fingerprint density at radius 1 is 1.32 bits per heavy atom. The molecule has 0 aliphatic rings. The van der Waals surface area contributed by atoms with Gasteiger partial charge in [0.1, 0.15) is 4.21 Å². The number of rotatable bonds is 5. The molecule has 0 saturated carbocycles. The van der Waals surface area contributed by atoms with E-state index in [-0.39, 0.29) is 4.21 Å². The van der Waals surface area contributed by atoms with E-state index >= 15 is 0 Å². The van der Waals surface area contributed by atoms with Crippen LogP contribution in [-0.2, 0) is 16.6 Å². The summed E-state index contributed by atoms with van der Waals surface area (Å²) in [5.74, 6) is 0. The van der Waals surface area contributed by atoms with E-state index in [1.54, 1.807) is 35.3 Å². The molecule has 19 heavy (non-hydrogen) atoms. The van der Waals surface area contributed by atoms with E-state index < -0.39 is 10.0 Å². The lowest BCUT2D eigenvalue weighted by atomic mass is 10.3. The van der Waals surface area contributed by atoms with Crippen LogP contribution in [0.15, 0.2) is 44.8 Å². The number of nitrogens with one attached hydrogen (secondary N) is 1. The monoisotopic (exact) mass is 314 g/mol. The molecular weight excluding hydrogens is 300 g/mol. The maximum absolute atomic E-state index is 12.1. The first-order valence-electron chi connectivity index (χ1n) is 5.49. The van der Waals surface area contributed by atoms with Crippen molar-refractivity contribution in [3.63, 3.8) is 0 Å². The number of hydrogen-bond donors (Lipinski definition) is 2. The van der Waals surface area contributed by atoms with E-state index in [0.29, 0.717) is 12.2 Å². The van der Waals surface area contributed by atoms with Gasteiger partial charge in [0, 0.05) is 17.1 Å². The number of thioether (sulfide) groups is 1. The topological polar surface area (TPSA) is 72.2 Å². The second-order valence-electron chi connectivity index (χ2n) is 3.81. The van der Waals surface area contributed by atoms with Crippen molar-refractivity contribution in [3.05, 3.63) is 41.3 Å². The van der Waals surface area contributed by atoms with Gasteiger partial charge in [0.25, 0.3) is 10.0 Å². The molecule has 0 bridgehead atoms. The van der Waals surface area contributed by atoms with E-state index in [0.717, 1.165) is 10.5 Å². The largest absolute Gasteiger partial charge is 0.326 e. The molecule has 0 aliphatic carbocycles. The highest BCUT2D eigenvalue weighted by molar-refractivity contribution is 7.98. The number of thiophene rings is 1. The Labute approximate surface area is 121 Å². The zero-order valence-electron chi connectivity index (χ0n) is 10.3. The fraction of sp³-hybridized carbons (Fsp3) is 0.167. The third-order valence-electron chi connectivity index (χ3n) is 2.47. The number of nitrogens with two attached hydrogens (primary N) is 1. The summed E-state index contributed by atoms with van der Waals surface area (Å²) < 4.78 is 27.1. The lowest BCUT2D eigenvalue weighted by molar-refractivity contribution is 0.603. The first-order valence-corrected chi connectivity index (χ1v) is 9.08. The van der Waals surface area contributed by atoms with Crippen LogP contribution >= 0.6 is 23.1 Å². The molecule has 1 aromatic heterocycles. The van der Waals surface area contributed by atoms with Gasteiger partial charge in [-0.2, -0.15) is 0 Å². The Bertz CT molecular complexity index is 648. The van der Waals surface area contributed by atoms with E-state index in [2.05, 4.69) is 4.72 Å². The standard InChI is InChI=1S/C12H14N2O2S3/c1-17-11-4-2-10(3-5-11)14-19(15,16)12-6-9(7-13)8-18-12/h2-6,8,14H,7,13H2,1H3. The van der Waals surface area contributed by atoms with Crippen LogP contribution in [0.2, 0.25) is 0 Å². The van der Waals surface area contributed by atoms with Gasteiger partial charge in [-0.15, -0.1) is 23.1 Å². The third-order valence-corrected chi connectivity index (χ3v) is 6.09. The summed E-state index contributed by atoms with van der Waals surface area (Å²) in [6, 6.07) is 8.86. The van der Waals surface area contributed by atoms with Crippen LogP contribution in [0.4, 0.5) is 5.69 Å². The molecule has 1 aromatic carbocycles. The molecule has 102 valence electrons. The fourth-order valence-corrected chi connectivity index (χ4v) is 4.15. The molecule has 2 rings (SSSR count). The number of hydrogen-bond acceptors (Lipinski definition) is 5. The highest BCUT2D eigenvalue weighted by Crippen LogP contribution is 2.24. The minimum absolute atomic E-state index is 0.280. The zero-order chi connectivity index (χ0) is 13.9. The van der Waals surface area contributed by atoms with Gasteiger partial charge in [-0.25, -0.2) is 8.42 Å². The maximum Gasteiger partial charge on any atom is 0.271 e. The van der Waals surface area contributed by atoms with Crippen molar-refractivity contribution in [2.24, 2.45) is 5.73 Å². The summed E-state index contributed by atoms with van der Waals surface area (Å²) >= 11 is 2.78. The molecular formula is C12H14N2O2S3. The van der Waals surface area contributed by atoms with Gasteiger partial charge < -0.3 is 5.73 Å². The molecule has 7 heteroatoms. The second kappa shape index (κ2) is 5.96. The molecule has 2 aromatic rings. The quantitative estimate of drug-likeness (QED) is 0.832. The summed E-state index contributed by atoms with van der Waals surface area (Å²) in [4.78, 5) is 1.09. The fourth-order valence-electron chi connectivity index (χ4n) is 1.47. The van der Waals surface area contributed by atoms with Gasteiger partial charge in [-0.05, 0) is 47.5 Å². The number of sulfonamides is 1. The summed E-state index contributed by atoms with van der Waals surface area (Å²) in [6.07, 6.45) is 1.97. The van der Waals surface area contributed by atoms with Gasteiger partial charge in [0.2, 0.25) is 0 Å². The summed E-state index contributed by atoms with van der Waals surface area (Å²) in [6.45, 7) is 0.342. The van der Waals surface area contributed by atoms with Crippen LogP contribution in [0.5, 0.6) is 0 Å². The van der Waals surface area contributed by atoms with E-state index in [4.69, 9.17) is 5.73 Å². The summed E-state index contributed by atoms with van der Waals surface area (Å²) in [5, 5.41) is 1.76. The third kappa shape index (κ3) is 3.50. The van der Waals surface area contributed by atoms with Gasteiger partial charge in [-0.1, -0.05) is 0 Å². The van der Waals surface area contributed by atoms with Crippen LogP contribution < -0.4 is 10.5 Å². The molecule has 0 unspecified atom stereocenters. The predicted molar refractivity (Wildman–Crippen MR) is 81.2 cm³/mol. The van der Waals surface area contributed by atoms with E-state index in [1.807, 2.05) is 18.4 Å². The van der Waals surface area contributed by atoms with Crippen molar-refractivity contribution >= 4 is 38.8 Å². The Kier molecular flexibility index (Phi) is 4.51. The lowest BCUT2D eigenvalue weighted by Gasteiger charge is -2.06. The lowest BCUT2D eigenvalue weighted by Crippen LogP contribution is -2.11. The Morgan fingerprint density at radius 2 is 2.00 bits per heavy atom. The minimum Gasteiger partial charge on any atom is -0.326 e. The van der Waals surface area contributed by atoms with Crippen molar-refractivity contribution in [1.29, 1.82) is 0 Å². The smallest absolute Gasteiger partial charge is 0.271 e. The maximum atomic E-state index is 12.1. The van der Waals surface area contributed by atoms with Crippen molar-refractivity contribution < 1.29 is 8.42 Å². The van der Waals surface area contributed by atoms with Gasteiger partial charge in [0.05, 0.1) is 0 Å². The first-order chi connectivity index (χ1) is 9.05.